The first-order valence-corrected chi connectivity index (χ1v) is 5.49. The highest BCUT2D eigenvalue weighted by molar-refractivity contribution is 6.00. The number of hydrogen-bond acceptors (Lipinski definition) is 5. The van der Waals surface area contributed by atoms with Crippen molar-refractivity contribution in [2.75, 3.05) is 25.1 Å². The zero-order valence-corrected chi connectivity index (χ0v) is 9.63. The Balaban J connectivity index is 2.13. The van der Waals surface area contributed by atoms with Gasteiger partial charge in [-0.05, 0) is 12.1 Å². The van der Waals surface area contributed by atoms with Crippen molar-refractivity contribution in [3.8, 4) is 0 Å². The van der Waals surface area contributed by atoms with Crippen molar-refractivity contribution in [1.82, 2.24) is 4.98 Å². The fraction of sp³-hybridized carbons (Fsp3) is 0.417. The zero-order valence-electron chi connectivity index (χ0n) is 9.63. The second-order valence-corrected chi connectivity index (χ2v) is 3.93. The van der Waals surface area contributed by atoms with E-state index in [1.165, 1.54) is 7.11 Å². The second-order valence-electron chi connectivity index (χ2n) is 3.93. The Morgan fingerprint density at radius 2 is 2.35 bits per heavy atom. The summed E-state index contributed by atoms with van der Waals surface area (Å²) in [6, 6.07) is 5.58. The Kier molecular flexibility index (Phi) is 3.37. The van der Waals surface area contributed by atoms with Crippen LogP contribution >= 0.6 is 0 Å². The van der Waals surface area contributed by atoms with Crippen LogP contribution in [0.5, 0.6) is 0 Å². The maximum atomic E-state index is 11.6. The Hall–Kier alpha value is -1.91. The number of rotatable bonds is 2. The summed E-state index contributed by atoms with van der Waals surface area (Å²) in [7, 11) is 1.30. The number of carbonyl (C=O) groups is 2. The normalized spacial score (nSPS) is 20.2. The molecule has 1 fully saturated rings. The predicted octanol–water partition coefficient (Wildman–Crippen LogP) is 0.650. The Labute approximate surface area is 99.4 Å². The maximum absolute atomic E-state index is 11.6. The van der Waals surface area contributed by atoms with E-state index in [0.29, 0.717) is 19.5 Å². The van der Waals surface area contributed by atoms with Crippen LogP contribution in [-0.2, 0) is 14.3 Å². The highest BCUT2D eigenvalue weighted by Gasteiger charge is 2.33. The van der Waals surface area contributed by atoms with E-state index in [1.807, 2.05) is 23.1 Å². The highest BCUT2D eigenvalue weighted by atomic mass is 16.5. The van der Waals surface area contributed by atoms with Gasteiger partial charge in [0.2, 0.25) is 0 Å². The molecular weight excluding hydrogens is 220 g/mol. The van der Waals surface area contributed by atoms with Gasteiger partial charge < -0.3 is 9.64 Å². The molecule has 0 amide bonds. The van der Waals surface area contributed by atoms with Crippen LogP contribution in [0.2, 0.25) is 0 Å². The number of ketones is 1. The number of esters is 1. The highest BCUT2D eigenvalue weighted by Crippen LogP contribution is 2.19. The summed E-state index contributed by atoms with van der Waals surface area (Å²) in [4.78, 5) is 29.2. The van der Waals surface area contributed by atoms with E-state index >= 15 is 0 Å². The number of methoxy groups -OCH3 is 1. The molecule has 1 atom stereocenters. The van der Waals surface area contributed by atoms with Gasteiger partial charge in [0.05, 0.1) is 7.11 Å². The van der Waals surface area contributed by atoms with Gasteiger partial charge in [-0.15, -0.1) is 0 Å². The van der Waals surface area contributed by atoms with Crippen molar-refractivity contribution in [2.24, 2.45) is 5.92 Å². The lowest BCUT2D eigenvalue weighted by atomic mass is 9.96. The van der Waals surface area contributed by atoms with Crippen molar-refractivity contribution in [2.45, 2.75) is 6.42 Å². The van der Waals surface area contributed by atoms with Crippen LogP contribution in [0.3, 0.4) is 0 Å². The van der Waals surface area contributed by atoms with Crippen molar-refractivity contribution in [1.29, 1.82) is 0 Å². The zero-order chi connectivity index (χ0) is 12.3. The topological polar surface area (TPSA) is 59.5 Å². The fourth-order valence-corrected chi connectivity index (χ4v) is 1.93. The second kappa shape index (κ2) is 4.95. The van der Waals surface area contributed by atoms with Gasteiger partial charge in [0.1, 0.15) is 11.7 Å². The van der Waals surface area contributed by atoms with Crippen LogP contribution in [-0.4, -0.2) is 36.9 Å². The first-order valence-electron chi connectivity index (χ1n) is 5.49. The molecule has 1 aliphatic rings. The third-order valence-corrected chi connectivity index (χ3v) is 2.88. The van der Waals surface area contributed by atoms with Crippen molar-refractivity contribution in [3.05, 3.63) is 24.4 Å². The Morgan fingerprint density at radius 1 is 1.53 bits per heavy atom. The molecule has 0 spiro atoms. The van der Waals surface area contributed by atoms with Crippen molar-refractivity contribution in [3.63, 3.8) is 0 Å². The van der Waals surface area contributed by atoms with E-state index in [0.717, 1.165) is 5.82 Å². The van der Waals surface area contributed by atoms with Gasteiger partial charge in [0.25, 0.3) is 0 Å². The third-order valence-electron chi connectivity index (χ3n) is 2.88. The van der Waals surface area contributed by atoms with Gasteiger partial charge in [0, 0.05) is 25.7 Å². The molecule has 0 aromatic carbocycles. The summed E-state index contributed by atoms with van der Waals surface area (Å²) in [5.74, 6) is -0.413. The molecule has 1 saturated heterocycles. The molecule has 17 heavy (non-hydrogen) atoms. The van der Waals surface area contributed by atoms with Crippen LogP contribution in [0, 0.1) is 5.92 Å². The predicted molar refractivity (Wildman–Crippen MR) is 61.6 cm³/mol. The molecule has 0 aliphatic carbocycles. The lowest BCUT2D eigenvalue weighted by Crippen LogP contribution is -2.45. The quantitative estimate of drug-likeness (QED) is 0.555. The lowest BCUT2D eigenvalue weighted by molar-refractivity contribution is -0.149. The van der Waals surface area contributed by atoms with Crippen LogP contribution in [0.1, 0.15) is 6.42 Å². The molecule has 0 radical (unpaired) electrons. The first-order chi connectivity index (χ1) is 8.22. The van der Waals surface area contributed by atoms with Gasteiger partial charge in [-0.3, -0.25) is 9.59 Å². The summed E-state index contributed by atoms with van der Waals surface area (Å²) in [6.45, 7) is 0.950. The number of aromatic nitrogens is 1. The largest absolute Gasteiger partial charge is 0.468 e. The van der Waals surface area contributed by atoms with Crippen molar-refractivity contribution < 1.29 is 14.3 Å². The van der Waals surface area contributed by atoms with E-state index in [-0.39, 0.29) is 5.78 Å². The molecular formula is C12H14N2O3. The average molecular weight is 234 g/mol. The van der Waals surface area contributed by atoms with Gasteiger partial charge >= 0.3 is 5.97 Å². The smallest absolute Gasteiger partial charge is 0.318 e. The molecule has 1 aromatic heterocycles. The average Bonchev–Trinajstić information content (AvgIpc) is 2.39. The number of hydrogen-bond donors (Lipinski definition) is 0. The minimum absolute atomic E-state index is 0.0518. The number of carbonyl (C=O) groups excluding carboxylic acids is 2. The van der Waals surface area contributed by atoms with Crippen LogP contribution in [0.15, 0.2) is 24.4 Å². The minimum atomic E-state index is -0.684. The monoisotopic (exact) mass is 234 g/mol. The molecule has 0 N–H and O–H groups in total. The first kappa shape index (κ1) is 11.6. The van der Waals surface area contributed by atoms with Gasteiger partial charge in [-0.25, -0.2) is 4.98 Å². The SMILES string of the molecule is COC(=O)C1CN(c2ccccn2)CCC1=O. The van der Waals surface area contributed by atoms with Crippen LogP contribution in [0.25, 0.3) is 0 Å². The Bertz CT molecular complexity index is 411. The molecule has 1 unspecified atom stereocenters. The third kappa shape index (κ3) is 2.43. The molecule has 5 heteroatoms. The Morgan fingerprint density at radius 3 is 3.00 bits per heavy atom. The van der Waals surface area contributed by atoms with Gasteiger partial charge in [-0.1, -0.05) is 6.07 Å². The molecule has 0 bridgehead atoms. The summed E-state index contributed by atoms with van der Waals surface area (Å²) in [5, 5.41) is 0. The molecule has 1 aliphatic heterocycles. The summed E-state index contributed by atoms with van der Waals surface area (Å²) < 4.78 is 4.64. The van der Waals surface area contributed by atoms with E-state index in [2.05, 4.69) is 9.72 Å². The van der Waals surface area contributed by atoms with E-state index in [1.54, 1.807) is 6.20 Å². The number of ether oxygens (including phenoxy) is 1. The maximum Gasteiger partial charge on any atom is 0.318 e. The number of piperidine rings is 1. The minimum Gasteiger partial charge on any atom is -0.468 e. The molecule has 2 heterocycles. The van der Waals surface area contributed by atoms with Gasteiger partial charge in [0.15, 0.2) is 5.78 Å². The van der Waals surface area contributed by atoms with E-state index in [4.69, 9.17) is 0 Å². The molecule has 0 saturated carbocycles. The van der Waals surface area contributed by atoms with E-state index < -0.39 is 11.9 Å². The van der Waals surface area contributed by atoms with E-state index in [9.17, 15) is 9.59 Å². The summed E-state index contributed by atoms with van der Waals surface area (Å²) in [5.41, 5.74) is 0. The van der Waals surface area contributed by atoms with Crippen molar-refractivity contribution >= 4 is 17.6 Å². The molecule has 90 valence electrons. The number of anilines is 1. The van der Waals surface area contributed by atoms with Crippen LogP contribution < -0.4 is 4.90 Å². The standard InChI is InChI=1S/C12H14N2O3/c1-17-12(16)9-8-14(7-5-10(9)15)11-4-2-3-6-13-11/h2-4,6,9H,5,7-8H2,1H3. The number of Topliss-reactive ketones (excluding diaryl/α,β-unsaturated/α-hetero) is 1. The lowest BCUT2D eigenvalue weighted by Gasteiger charge is -2.31. The fourth-order valence-electron chi connectivity index (χ4n) is 1.93. The van der Waals surface area contributed by atoms with Gasteiger partial charge in [-0.2, -0.15) is 0 Å². The molecule has 5 nitrogen and oxygen atoms in total. The number of pyridine rings is 1. The molecule has 1 aromatic rings. The van der Waals surface area contributed by atoms with Crippen LogP contribution in [0.4, 0.5) is 5.82 Å². The summed E-state index contributed by atoms with van der Waals surface area (Å²) in [6.07, 6.45) is 2.05. The number of nitrogens with zero attached hydrogens (tertiary/aromatic N) is 2. The molecule has 2 rings (SSSR count). The summed E-state index contributed by atoms with van der Waals surface area (Å²) >= 11 is 0.